The summed E-state index contributed by atoms with van der Waals surface area (Å²) in [5.41, 5.74) is 0.761. The largest absolute Gasteiger partial charge is 0.508 e. The summed E-state index contributed by atoms with van der Waals surface area (Å²) < 4.78 is 22.3. The van der Waals surface area contributed by atoms with Crippen LogP contribution in [0.15, 0.2) is 23.1 Å². The molecule has 0 unspecified atom stereocenters. The lowest BCUT2D eigenvalue weighted by molar-refractivity contribution is 0.462. The van der Waals surface area contributed by atoms with E-state index >= 15 is 0 Å². The fourth-order valence-corrected chi connectivity index (χ4v) is 1.88. The molecule has 0 heterocycles. The number of phenolic OH excluding ortho intramolecular Hbond substituents is 1. The Labute approximate surface area is 84.3 Å². The maximum atomic E-state index is 11.2. The van der Waals surface area contributed by atoms with E-state index < -0.39 is 9.84 Å². The molecule has 78 valence electrons. The van der Waals surface area contributed by atoms with Gasteiger partial charge in [0.15, 0.2) is 9.84 Å². The predicted molar refractivity (Wildman–Crippen MR) is 55.3 cm³/mol. The summed E-state index contributed by atoms with van der Waals surface area (Å²) in [5.74, 6) is 0.228. The minimum Gasteiger partial charge on any atom is -0.508 e. The first-order chi connectivity index (χ1) is 6.32. The lowest BCUT2D eigenvalue weighted by Gasteiger charge is -2.08. The molecule has 0 aromatic heterocycles. The summed E-state index contributed by atoms with van der Waals surface area (Å²) in [6, 6.07) is 4.46. The molecule has 0 bridgehead atoms. The molecule has 1 rings (SSSR count). The molecule has 0 saturated carbocycles. The van der Waals surface area contributed by atoms with Crippen molar-refractivity contribution in [3.63, 3.8) is 0 Å². The van der Waals surface area contributed by atoms with Gasteiger partial charge < -0.3 is 5.11 Å². The fraction of sp³-hybridized carbons (Fsp3) is 0.400. The van der Waals surface area contributed by atoms with Crippen molar-refractivity contribution in [2.75, 3.05) is 6.26 Å². The Morgan fingerprint density at radius 2 is 1.86 bits per heavy atom. The van der Waals surface area contributed by atoms with Crippen LogP contribution in [0.3, 0.4) is 0 Å². The highest BCUT2D eigenvalue weighted by Gasteiger charge is 2.11. The Balaban J connectivity index is 3.27. The number of hydrogen-bond donors (Lipinski definition) is 1. The van der Waals surface area contributed by atoms with E-state index in [4.69, 9.17) is 0 Å². The summed E-state index contributed by atoms with van der Waals surface area (Å²) >= 11 is 0. The summed E-state index contributed by atoms with van der Waals surface area (Å²) in [5, 5.41) is 9.56. The zero-order valence-corrected chi connectivity index (χ0v) is 9.30. The highest BCUT2D eigenvalue weighted by atomic mass is 32.2. The minimum absolute atomic E-state index is 0.0444. The minimum atomic E-state index is -3.23. The predicted octanol–water partition coefficient (Wildman–Crippen LogP) is 1.92. The van der Waals surface area contributed by atoms with E-state index in [9.17, 15) is 13.5 Å². The van der Waals surface area contributed by atoms with Gasteiger partial charge in [-0.15, -0.1) is 0 Å². The van der Waals surface area contributed by atoms with Crippen LogP contribution in [0.4, 0.5) is 0 Å². The van der Waals surface area contributed by atoms with E-state index in [-0.39, 0.29) is 16.6 Å². The van der Waals surface area contributed by atoms with E-state index in [0.29, 0.717) is 0 Å². The standard InChI is InChI=1S/C10H14O3S/c1-7(2)9-5-4-8(6-10(9)11)14(3,12)13/h4-7,11H,1-3H3. The van der Waals surface area contributed by atoms with Crippen molar-refractivity contribution in [2.45, 2.75) is 24.7 Å². The number of phenols is 1. The van der Waals surface area contributed by atoms with Gasteiger partial charge in [0.05, 0.1) is 4.90 Å². The van der Waals surface area contributed by atoms with Crippen molar-refractivity contribution in [1.29, 1.82) is 0 Å². The normalized spacial score (nSPS) is 12.0. The molecular formula is C10H14O3S. The molecule has 1 aromatic rings. The van der Waals surface area contributed by atoms with Crippen LogP contribution in [-0.4, -0.2) is 19.8 Å². The number of hydrogen-bond acceptors (Lipinski definition) is 3. The molecule has 4 heteroatoms. The van der Waals surface area contributed by atoms with Crippen LogP contribution in [0.2, 0.25) is 0 Å². The average molecular weight is 214 g/mol. The number of aromatic hydroxyl groups is 1. The highest BCUT2D eigenvalue weighted by Crippen LogP contribution is 2.27. The molecule has 0 aliphatic carbocycles. The van der Waals surface area contributed by atoms with E-state index in [1.165, 1.54) is 12.1 Å². The molecule has 0 aliphatic rings. The third kappa shape index (κ3) is 2.26. The smallest absolute Gasteiger partial charge is 0.175 e. The molecule has 3 nitrogen and oxygen atoms in total. The Hall–Kier alpha value is -1.03. The Bertz CT molecular complexity index is 433. The maximum absolute atomic E-state index is 11.2. The second kappa shape index (κ2) is 3.61. The van der Waals surface area contributed by atoms with Crippen molar-refractivity contribution in [3.05, 3.63) is 23.8 Å². The van der Waals surface area contributed by atoms with Crippen LogP contribution >= 0.6 is 0 Å². The van der Waals surface area contributed by atoms with Gasteiger partial charge in [0.25, 0.3) is 0 Å². The van der Waals surface area contributed by atoms with Gasteiger partial charge in [0, 0.05) is 6.26 Å². The average Bonchev–Trinajstić information content (AvgIpc) is 2.01. The Morgan fingerprint density at radius 3 is 2.21 bits per heavy atom. The van der Waals surface area contributed by atoms with E-state index in [0.717, 1.165) is 11.8 Å². The first-order valence-corrected chi connectivity index (χ1v) is 6.24. The monoisotopic (exact) mass is 214 g/mol. The second-order valence-corrected chi connectivity index (χ2v) is 5.66. The van der Waals surface area contributed by atoms with E-state index in [2.05, 4.69) is 0 Å². The molecular weight excluding hydrogens is 200 g/mol. The quantitative estimate of drug-likeness (QED) is 0.818. The van der Waals surface area contributed by atoms with Gasteiger partial charge >= 0.3 is 0 Å². The first-order valence-electron chi connectivity index (χ1n) is 4.35. The van der Waals surface area contributed by atoms with Gasteiger partial charge in [0.2, 0.25) is 0 Å². The molecule has 1 aromatic carbocycles. The van der Waals surface area contributed by atoms with Gasteiger partial charge in [0.1, 0.15) is 5.75 Å². The zero-order chi connectivity index (χ0) is 10.9. The van der Waals surface area contributed by atoms with Gasteiger partial charge in [-0.3, -0.25) is 0 Å². The second-order valence-electron chi connectivity index (χ2n) is 3.65. The fourth-order valence-electron chi connectivity index (χ4n) is 1.24. The van der Waals surface area contributed by atoms with Crippen LogP contribution in [-0.2, 0) is 9.84 Å². The Kier molecular flexibility index (Phi) is 2.85. The van der Waals surface area contributed by atoms with E-state index in [1.54, 1.807) is 6.07 Å². The molecule has 14 heavy (non-hydrogen) atoms. The maximum Gasteiger partial charge on any atom is 0.175 e. The molecule has 0 spiro atoms. The van der Waals surface area contributed by atoms with Crippen molar-refractivity contribution in [2.24, 2.45) is 0 Å². The molecule has 1 N–H and O–H groups in total. The van der Waals surface area contributed by atoms with Crippen LogP contribution in [0.5, 0.6) is 5.75 Å². The topological polar surface area (TPSA) is 54.4 Å². The molecule has 0 saturated heterocycles. The summed E-state index contributed by atoms with van der Waals surface area (Å²) in [6.07, 6.45) is 1.12. The molecule has 0 radical (unpaired) electrons. The van der Waals surface area contributed by atoms with Crippen molar-refractivity contribution >= 4 is 9.84 Å². The Morgan fingerprint density at radius 1 is 1.29 bits per heavy atom. The van der Waals surface area contributed by atoms with Crippen LogP contribution < -0.4 is 0 Å². The molecule has 0 atom stereocenters. The van der Waals surface area contributed by atoms with Crippen LogP contribution in [0.25, 0.3) is 0 Å². The third-order valence-electron chi connectivity index (χ3n) is 2.05. The zero-order valence-electron chi connectivity index (χ0n) is 8.48. The summed E-state index contributed by atoms with van der Waals surface area (Å²) in [4.78, 5) is 0.152. The molecule has 0 amide bonds. The summed E-state index contributed by atoms with van der Waals surface area (Å²) in [6.45, 7) is 3.88. The van der Waals surface area contributed by atoms with Gasteiger partial charge in [-0.2, -0.15) is 0 Å². The number of rotatable bonds is 2. The third-order valence-corrected chi connectivity index (χ3v) is 3.16. The summed E-state index contributed by atoms with van der Waals surface area (Å²) in [7, 11) is -3.23. The number of sulfone groups is 1. The van der Waals surface area contributed by atoms with Crippen molar-refractivity contribution in [3.8, 4) is 5.75 Å². The van der Waals surface area contributed by atoms with Gasteiger partial charge in [-0.05, 0) is 23.6 Å². The van der Waals surface area contributed by atoms with Gasteiger partial charge in [-0.1, -0.05) is 19.9 Å². The van der Waals surface area contributed by atoms with Gasteiger partial charge in [-0.25, -0.2) is 8.42 Å². The van der Waals surface area contributed by atoms with Crippen LogP contribution in [0.1, 0.15) is 25.3 Å². The van der Waals surface area contributed by atoms with Crippen molar-refractivity contribution in [1.82, 2.24) is 0 Å². The first kappa shape index (κ1) is 11.0. The SMILES string of the molecule is CC(C)c1ccc(S(C)(=O)=O)cc1O. The lowest BCUT2D eigenvalue weighted by Crippen LogP contribution is -1.98. The van der Waals surface area contributed by atoms with Crippen molar-refractivity contribution < 1.29 is 13.5 Å². The molecule has 0 aliphatic heterocycles. The van der Waals surface area contributed by atoms with Crippen LogP contribution in [0, 0.1) is 0 Å². The number of benzene rings is 1. The lowest BCUT2D eigenvalue weighted by atomic mass is 10.0. The van der Waals surface area contributed by atoms with E-state index in [1.807, 2.05) is 13.8 Å². The highest BCUT2D eigenvalue weighted by molar-refractivity contribution is 7.90. The molecule has 0 fully saturated rings.